The Bertz CT molecular complexity index is 856. The Kier molecular flexibility index (Phi) is 3.58. The van der Waals surface area contributed by atoms with Gasteiger partial charge in [-0.15, -0.1) is 0 Å². The van der Waals surface area contributed by atoms with Crippen LogP contribution in [-0.2, 0) is 18.3 Å². The highest BCUT2D eigenvalue weighted by molar-refractivity contribution is 5.94. The van der Waals surface area contributed by atoms with Crippen LogP contribution in [0.25, 0.3) is 11.0 Å². The molecule has 0 aliphatic rings. The van der Waals surface area contributed by atoms with Gasteiger partial charge in [0.2, 0.25) is 5.91 Å². The van der Waals surface area contributed by atoms with E-state index in [4.69, 9.17) is 0 Å². The standard InChI is InChI=1S/C16H15FN4O/c1-10-13-8-12(9-18-16(13)21(2)20-10)19-15(22)7-11-5-3-4-6-14(11)17/h3-6,8-9H,7H2,1-2H3,(H,19,22). The van der Waals surface area contributed by atoms with Crippen LogP contribution >= 0.6 is 0 Å². The highest BCUT2D eigenvalue weighted by Crippen LogP contribution is 2.19. The Morgan fingerprint density at radius 3 is 2.91 bits per heavy atom. The van der Waals surface area contributed by atoms with E-state index in [2.05, 4.69) is 15.4 Å². The molecule has 112 valence electrons. The average Bonchev–Trinajstić information content (AvgIpc) is 2.76. The summed E-state index contributed by atoms with van der Waals surface area (Å²) >= 11 is 0. The zero-order valence-electron chi connectivity index (χ0n) is 12.3. The summed E-state index contributed by atoms with van der Waals surface area (Å²) in [5, 5.41) is 7.90. The maximum absolute atomic E-state index is 13.5. The number of hydrogen-bond donors (Lipinski definition) is 1. The number of benzene rings is 1. The van der Waals surface area contributed by atoms with E-state index in [0.29, 0.717) is 11.3 Å². The number of hydrogen-bond acceptors (Lipinski definition) is 3. The van der Waals surface area contributed by atoms with Gasteiger partial charge in [-0.05, 0) is 24.6 Å². The lowest BCUT2D eigenvalue weighted by Crippen LogP contribution is -2.15. The summed E-state index contributed by atoms with van der Waals surface area (Å²) in [7, 11) is 1.82. The average molecular weight is 298 g/mol. The molecule has 0 radical (unpaired) electrons. The third-order valence-electron chi connectivity index (χ3n) is 3.46. The highest BCUT2D eigenvalue weighted by atomic mass is 19.1. The molecule has 1 aromatic carbocycles. The molecule has 0 aliphatic heterocycles. The Balaban J connectivity index is 1.79. The molecule has 3 rings (SSSR count). The number of aromatic nitrogens is 3. The molecule has 0 atom stereocenters. The number of carbonyl (C=O) groups excluding carboxylic acids is 1. The summed E-state index contributed by atoms with van der Waals surface area (Å²) in [5.74, 6) is -0.665. The topological polar surface area (TPSA) is 59.8 Å². The van der Waals surface area contributed by atoms with Crippen molar-refractivity contribution in [2.75, 3.05) is 5.32 Å². The van der Waals surface area contributed by atoms with E-state index in [0.717, 1.165) is 16.7 Å². The van der Waals surface area contributed by atoms with E-state index >= 15 is 0 Å². The molecule has 0 saturated carbocycles. The second-order valence-electron chi connectivity index (χ2n) is 5.12. The predicted octanol–water partition coefficient (Wildman–Crippen LogP) is 2.60. The molecule has 0 fully saturated rings. The molecule has 2 aromatic heterocycles. The zero-order valence-corrected chi connectivity index (χ0v) is 12.3. The minimum atomic E-state index is -0.380. The first kappa shape index (κ1) is 14.2. The summed E-state index contributed by atoms with van der Waals surface area (Å²) in [5.41, 5.74) is 2.54. The van der Waals surface area contributed by atoms with E-state index in [1.165, 1.54) is 6.07 Å². The Morgan fingerprint density at radius 2 is 2.14 bits per heavy atom. The van der Waals surface area contributed by atoms with Gasteiger partial charge in [0.25, 0.3) is 0 Å². The summed E-state index contributed by atoms with van der Waals surface area (Å²) in [6.45, 7) is 1.88. The van der Waals surface area contributed by atoms with Gasteiger partial charge in [-0.1, -0.05) is 18.2 Å². The van der Waals surface area contributed by atoms with E-state index < -0.39 is 0 Å². The third-order valence-corrected chi connectivity index (χ3v) is 3.46. The van der Waals surface area contributed by atoms with Crippen LogP contribution in [0.15, 0.2) is 36.5 Å². The molecule has 22 heavy (non-hydrogen) atoms. The fourth-order valence-electron chi connectivity index (χ4n) is 2.40. The second-order valence-corrected chi connectivity index (χ2v) is 5.12. The first-order chi connectivity index (χ1) is 10.5. The number of amides is 1. The van der Waals surface area contributed by atoms with Crippen molar-refractivity contribution >= 4 is 22.6 Å². The van der Waals surface area contributed by atoms with Crippen LogP contribution in [0.1, 0.15) is 11.3 Å². The minimum Gasteiger partial charge on any atom is -0.324 e. The summed E-state index contributed by atoms with van der Waals surface area (Å²) in [4.78, 5) is 16.3. The summed E-state index contributed by atoms with van der Waals surface area (Å²) in [6.07, 6.45) is 1.55. The quantitative estimate of drug-likeness (QED) is 0.808. The SMILES string of the molecule is Cc1nn(C)c2ncc(NC(=O)Cc3ccccc3F)cc12. The van der Waals surface area contributed by atoms with Crippen molar-refractivity contribution in [1.29, 1.82) is 0 Å². The molecule has 0 aliphatic carbocycles. The minimum absolute atomic E-state index is 0.0171. The lowest BCUT2D eigenvalue weighted by molar-refractivity contribution is -0.115. The zero-order chi connectivity index (χ0) is 15.7. The Morgan fingerprint density at radius 1 is 1.36 bits per heavy atom. The smallest absolute Gasteiger partial charge is 0.228 e. The number of aryl methyl sites for hydroxylation is 2. The number of pyridine rings is 1. The van der Waals surface area contributed by atoms with Crippen LogP contribution in [-0.4, -0.2) is 20.7 Å². The van der Waals surface area contributed by atoms with Crippen LogP contribution in [0.2, 0.25) is 0 Å². The fraction of sp³-hybridized carbons (Fsp3) is 0.188. The second kappa shape index (κ2) is 5.55. The predicted molar refractivity (Wildman–Crippen MR) is 82.0 cm³/mol. The van der Waals surface area contributed by atoms with Crippen molar-refractivity contribution in [1.82, 2.24) is 14.8 Å². The van der Waals surface area contributed by atoms with E-state index in [1.807, 2.05) is 20.0 Å². The van der Waals surface area contributed by atoms with Crippen molar-refractivity contribution in [3.05, 3.63) is 53.6 Å². The Hall–Kier alpha value is -2.76. The van der Waals surface area contributed by atoms with Crippen LogP contribution in [0.4, 0.5) is 10.1 Å². The lowest BCUT2D eigenvalue weighted by atomic mass is 10.1. The molecular weight excluding hydrogens is 283 g/mol. The molecule has 1 amide bonds. The molecule has 6 heteroatoms. The molecule has 0 bridgehead atoms. The molecule has 5 nitrogen and oxygen atoms in total. The first-order valence-electron chi connectivity index (χ1n) is 6.87. The fourth-order valence-corrected chi connectivity index (χ4v) is 2.40. The summed E-state index contributed by atoms with van der Waals surface area (Å²) < 4.78 is 15.2. The summed E-state index contributed by atoms with van der Waals surface area (Å²) in [6, 6.07) is 8.07. The van der Waals surface area contributed by atoms with Gasteiger partial charge < -0.3 is 5.32 Å². The number of anilines is 1. The highest BCUT2D eigenvalue weighted by Gasteiger charge is 2.11. The molecule has 3 aromatic rings. The Labute approximate surface area is 126 Å². The van der Waals surface area contributed by atoms with E-state index in [1.54, 1.807) is 29.1 Å². The number of fused-ring (bicyclic) bond motifs is 1. The van der Waals surface area contributed by atoms with Crippen LogP contribution in [0, 0.1) is 12.7 Å². The number of carbonyl (C=O) groups is 1. The number of rotatable bonds is 3. The van der Waals surface area contributed by atoms with Crippen molar-refractivity contribution in [2.45, 2.75) is 13.3 Å². The van der Waals surface area contributed by atoms with Crippen molar-refractivity contribution in [2.24, 2.45) is 7.05 Å². The van der Waals surface area contributed by atoms with Crippen molar-refractivity contribution in [3.63, 3.8) is 0 Å². The van der Waals surface area contributed by atoms with Gasteiger partial charge >= 0.3 is 0 Å². The van der Waals surface area contributed by atoms with Crippen molar-refractivity contribution < 1.29 is 9.18 Å². The number of nitrogens with one attached hydrogen (secondary N) is 1. The maximum Gasteiger partial charge on any atom is 0.228 e. The van der Waals surface area contributed by atoms with Crippen molar-refractivity contribution in [3.8, 4) is 0 Å². The maximum atomic E-state index is 13.5. The lowest BCUT2D eigenvalue weighted by Gasteiger charge is -2.06. The molecule has 2 heterocycles. The first-order valence-corrected chi connectivity index (χ1v) is 6.87. The van der Waals surface area contributed by atoms with Crippen LogP contribution < -0.4 is 5.32 Å². The third kappa shape index (κ3) is 2.67. The van der Waals surface area contributed by atoms with E-state index in [-0.39, 0.29) is 18.1 Å². The van der Waals surface area contributed by atoms with Gasteiger partial charge in [-0.2, -0.15) is 5.10 Å². The molecule has 0 unspecified atom stereocenters. The monoisotopic (exact) mass is 298 g/mol. The van der Waals surface area contributed by atoms with Gasteiger partial charge in [0.1, 0.15) is 5.82 Å². The normalized spacial score (nSPS) is 10.9. The number of nitrogens with zero attached hydrogens (tertiary/aromatic N) is 3. The number of halogens is 1. The molecule has 1 N–H and O–H groups in total. The van der Waals surface area contributed by atoms with Gasteiger partial charge in [0, 0.05) is 12.4 Å². The van der Waals surface area contributed by atoms with Crippen LogP contribution in [0.5, 0.6) is 0 Å². The largest absolute Gasteiger partial charge is 0.324 e. The van der Waals surface area contributed by atoms with Gasteiger partial charge in [-0.25, -0.2) is 9.37 Å². The molecular formula is C16H15FN4O. The van der Waals surface area contributed by atoms with Gasteiger partial charge in [-0.3, -0.25) is 9.48 Å². The van der Waals surface area contributed by atoms with E-state index in [9.17, 15) is 9.18 Å². The van der Waals surface area contributed by atoms with Gasteiger partial charge in [0.05, 0.1) is 24.0 Å². The molecule has 0 saturated heterocycles. The van der Waals surface area contributed by atoms with Gasteiger partial charge in [0.15, 0.2) is 5.65 Å². The van der Waals surface area contributed by atoms with Crippen LogP contribution in [0.3, 0.4) is 0 Å². The molecule has 0 spiro atoms.